The average molecular weight is 249 g/mol. The zero-order valence-electron chi connectivity index (χ0n) is 11.0. The Morgan fingerprint density at radius 1 is 1.22 bits per heavy atom. The highest BCUT2D eigenvalue weighted by atomic mass is 16.5. The summed E-state index contributed by atoms with van der Waals surface area (Å²) in [7, 11) is 0. The highest BCUT2D eigenvalue weighted by molar-refractivity contribution is 5.88. The Labute approximate surface area is 107 Å². The minimum atomic E-state index is -0.447. The summed E-state index contributed by atoms with van der Waals surface area (Å²) in [6.45, 7) is 5.18. The van der Waals surface area contributed by atoms with E-state index < -0.39 is 6.04 Å². The second-order valence-corrected chi connectivity index (χ2v) is 4.50. The Kier molecular flexibility index (Phi) is 5.36. The van der Waals surface area contributed by atoms with E-state index in [1.165, 1.54) is 6.92 Å². The van der Waals surface area contributed by atoms with Gasteiger partial charge in [0, 0.05) is 0 Å². The summed E-state index contributed by atoms with van der Waals surface area (Å²) in [6.07, 6.45) is 0. The lowest BCUT2D eigenvalue weighted by atomic mass is 10.0. The lowest BCUT2D eigenvalue weighted by Crippen LogP contribution is -2.45. The van der Waals surface area contributed by atoms with Crippen LogP contribution in [0.5, 0.6) is 5.75 Å². The van der Waals surface area contributed by atoms with Crippen LogP contribution in [0.4, 0.5) is 0 Å². The lowest BCUT2D eigenvalue weighted by Gasteiger charge is -2.19. The topological polar surface area (TPSA) is 55.4 Å². The first-order valence-corrected chi connectivity index (χ1v) is 5.98. The van der Waals surface area contributed by atoms with Gasteiger partial charge >= 0.3 is 0 Å². The third kappa shape index (κ3) is 4.57. The molecule has 0 fully saturated rings. The number of hydrogen-bond donors (Lipinski definition) is 1. The molecule has 0 aliphatic carbocycles. The van der Waals surface area contributed by atoms with Gasteiger partial charge in [0.2, 0.25) is 0 Å². The van der Waals surface area contributed by atoms with Crippen molar-refractivity contribution >= 4 is 11.7 Å². The summed E-state index contributed by atoms with van der Waals surface area (Å²) < 4.78 is 5.30. The average Bonchev–Trinajstić information content (AvgIpc) is 2.34. The zero-order valence-corrected chi connectivity index (χ0v) is 11.0. The van der Waals surface area contributed by atoms with E-state index in [0.717, 1.165) is 0 Å². The molecule has 1 N–H and O–H groups in total. The van der Waals surface area contributed by atoms with Crippen LogP contribution in [0.1, 0.15) is 20.8 Å². The molecule has 0 aromatic heterocycles. The molecule has 4 heteroatoms. The second kappa shape index (κ2) is 6.79. The van der Waals surface area contributed by atoms with Crippen molar-refractivity contribution in [2.75, 3.05) is 6.61 Å². The molecule has 1 amide bonds. The molecule has 1 aromatic rings. The lowest BCUT2D eigenvalue weighted by molar-refractivity contribution is -0.129. The first kappa shape index (κ1) is 14.2. The fourth-order valence-electron chi connectivity index (χ4n) is 1.62. The zero-order chi connectivity index (χ0) is 13.5. The molecule has 0 bridgehead atoms. The van der Waals surface area contributed by atoms with Crippen molar-refractivity contribution in [1.82, 2.24) is 5.32 Å². The summed E-state index contributed by atoms with van der Waals surface area (Å²) in [5.41, 5.74) is 0. The molecule has 0 saturated carbocycles. The van der Waals surface area contributed by atoms with E-state index in [4.69, 9.17) is 4.74 Å². The highest BCUT2D eigenvalue weighted by Crippen LogP contribution is 2.08. The molecule has 1 rings (SSSR count). The number of ether oxygens (including phenoxy) is 1. The molecule has 0 aliphatic rings. The second-order valence-electron chi connectivity index (χ2n) is 4.50. The SMILES string of the molecule is CC(=O)C(NC(=O)COc1ccccc1)C(C)C. The normalized spacial score (nSPS) is 12.0. The molecule has 0 radical (unpaired) electrons. The van der Waals surface area contributed by atoms with Crippen molar-refractivity contribution in [3.63, 3.8) is 0 Å². The Hall–Kier alpha value is -1.84. The van der Waals surface area contributed by atoms with Crippen LogP contribution in [0.3, 0.4) is 0 Å². The smallest absolute Gasteiger partial charge is 0.258 e. The van der Waals surface area contributed by atoms with Gasteiger partial charge in [0.25, 0.3) is 5.91 Å². The molecule has 18 heavy (non-hydrogen) atoms. The maximum Gasteiger partial charge on any atom is 0.258 e. The number of carbonyl (C=O) groups is 2. The molecule has 1 aromatic carbocycles. The number of ketones is 1. The van der Waals surface area contributed by atoms with Crippen molar-refractivity contribution in [1.29, 1.82) is 0 Å². The highest BCUT2D eigenvalue weighted by Gasteiger charge is 2.20. The number of Topliss-reactive ketones (excluding diaryl/α,β-unsaturated/α-hetero) is 1. The van der Waals surface area contributed by atoms with Gasteiger partial charge in [0.1, 0.15) is 5.75 Å². The fourth-order valence-corrected chi connectivity index (χ4v) is 1.62. The predicted molar refractivity (Wildman–Crippen MR) is 69.4 cm³/mol. The van der Waals surface area contributed by atoms with E-state index in [0.29, 0.717) is 5.75 Å². The maximum atomic E-state index is 11.6. The molecule has 4 nitrogen and oxygen atoms in total. The summed E-state index contributed by atoms with van der Waals surface area (Å²) in [5, 5.41) is 2.67. The van der Waals surface area contributed by atoms with Crippen molar-refractivity contribution < 1.29 is 14.3 Å². The predicted octanol–water partition coefficient (Wildman–Crippen LogP) is 1.80. The molecule has 1 unspecified atom stereocenters. The fraction of sp³-hybridized carbons (Fsp3) is 0.429. The quantitative estimate of drug-likeness (QED) is 0.836. The Morgan fingerprint density at radius 2 is 1.83 bits per heavy atom. The number of amides is 1. The first-order valence-electron chi connectivity index (χ1n) is 5.98. The minimum absolute atomic E-state index is 0.0435. The summed E-state index contributed by atoms with van der Waals surface area (Å²) in [6, 6.07) is 8.64. The third-order valence-corrected chi connectivity index (χ3v) is 2.53. The third-order valence-electron chi connectivity index (χ3n) is 2.53. The van der Waals surface area contributed by atoms with Crippen LogP contribution in [0.15, 0.2) is 30.3 Å². The van der Waals surface area contributed by atoms with Gasteiger partial charge in [-0.1, -0.05) is 32.0 Å². The van der Waals surface area contributed by atoms with Gasteiger partial charge in [0.05, 0.1) is 6.04 Å². The Bertz CT molecular complexity index is 401. The summed E-state index contributed by atoms with van der Waals surface area (Å²) >= 11 is 0. The Morgan fingerprint density at radius 3 is 2.33 bits per heavy atom. The van der Waals surface area contributed by atoms with Gasteiger partial charge < -0.3 is 10.1 Å². The molecule has 0 saturated heterocycles. The summed E-state index contributed by atoms with van der Waals surface area (Å²) in [5.74, 6) is 0.380. The van der Waals surface area contributed by atoms with Gasteiger partial charge in [-0.25, -0.2) is 0 Å². The number of carbonyl (C=O) groups excluding carboxylic acids is 2. The van der Waals surface area contributed by atoms with Crippen molar-refractivity contribution in [3.8, 4) is 5.75 Å². The standard InChI is InChI=1S/C14H19NO3/c1-10(2)14(11(3)16)15-13(17)9-18-12-7-5-4-6-8-12/h4-8,10,14H,9H2,1-3H3,(H,15,17). The monoisotopic (exact) mass is 249 g/mol. The number of benzene rings is 1. The molecule has 0 spiro atoms. The van der Waals surface area contributed by atoms with Gasteiger partial charge in [-0.3, -0.25) is 9.59 Å². The number of para-hydroxylation sites is 1. The van der Waals surface area contributed by atoms with Crippen LogP contribution in [0.25, 0.3) is 0 Å². The maximum absolute atomic E-state index is 11.6. The molecular weight excluding hydrogens is 230 g/mol. The van der Waals surface area contributed by atoms with E-state index in [1.807, 2.05) is 32.0 Å². The minimum Gasteiger partial charge on any atom is -0.484 e. The number of nitrogens with one attached hydrogen (secondary N) is 1. The van der Waals surface area contributed by atoms with Crippen molar-refractivity contribution in [3.05, 3.63) is 30.3 Å². The summed E-state index contributed by atoms with van der Waals surface area (Å²) in [4.78, 5) is 23.0. The van der Waals surface area contributed by atoms with Crippen LogP contribution in [-0.2, 0) is 9.59 Å². The van der Waals surface area contributed by atoms with Crippen molar-refractivity contribution in [2.24, 2.45) is 5.92 Å². The van der Waals surface area contributed by atoms with E-state index in [2.05, 4.69) is 5.32 Å². The van der Waals surface area contributed by atoms with E-state index in [-0.39, 0.29) is 24.2 Å². The molecule has 98 valence electrons. The van der Waals surface area contributed by atoms with Crippen LogP contribution < -0.4 is 10.1 Å². The van der Waals surface area contributed by atoms with Gasteiger partial charge in [-0.15, -0.1) is 0 Å². The van der Waals surface area contributed by atoms with Crippen molar-refractivity contribution in [2.45, 2.75) is 26.8 Å². The van der Waals surface area contributed by atoms with Gasteiger partial charge in [0.15, 0.2) is 12.4 Å². The molecular formula is C14H19NO3. The van der Waals surface area contributed by atoms with Crippen LogP contribution in [-0.4, -0.2) is 24.3 Å². The van der Waals surface area contributed by atoms with Crippen LogP contribution >= 0.6 is 0 Å². The molecule has 1 atom stereocenters. The number of rotatable bonds is 6. The number of hydrogen-bond acceptors (Lipinski definition) is 3. The first-order chi connectivity index (χ1) is 8.50. The van der Waals surface area contributed by atoms with Gasteiger partial charge in [-0.05, 0) is 25.0 Å². The van der Waals surface area contributed by atoms with Crippen LogP contribution in [0.2, 0.25) is 0 Å². The van der Waals surface area contributed by atoms with Gasteiger partial charge in [-0.2, -0.15) is 0 Å². The molecule has 0 heterocycles. The largest absolute Gasteiger partial charge is 0.484 e. The van der Waals surface area contributed by atoms with Crippen LogP contribution in [0, 0.1) is 5.92 Å². The van der Waals surface area contributed by atoms with E-state index >= 15 is 0 Å². The van der Waals surface area contributed by atoms with E-state index in [9.17, 15) is 9.59 Å². The molecule has 0 aliphatic heterocycles. The Balaban J connectivity index is 2.44. The van der Waals surface area contributed by atoms with E-state index in [1.54, 1.807) is 12.1 Å².